The predicted molar refractivity (Wildman–Crippen MR) is 128 cm³/mol. The van der Waals surface area contributed by atoms with Gasteiger partial charge in [0.15, 0.2) is 0 Å². The van der Waals surface area contributed by atoms with E-state index in [0.717, 1.165) is 34.2 Å². The van der Waals surface area contributed by atoms with E-state index in [2.05, 4.69) is 5.32 Å². The van der Waals surface area contributed by atoms with E-state index in [-0.39, 0.29) is 24.7 Å². The second kappa shape index (κ2) is 10.3. The van der Waals surface area contributed by atoms with Gasteiger partial charge in [0, 0.05) is 40.4 Å². The Bertz CT molecular complexity index is 1140. The first-order chi connectivity index (χ1) is 15.9. The molecule has 1 fully saturated rings. The molecule has 0 spiro atoms. The first-order valence-corrected chi connectivity index (χ1v) is 11.8. The predicted octanol–water partition coefficient (Wildman–Crippen LogP) is 3.06. The summed E-state index contributed by atoms with van der Waals surface area (Å²) in [6, 6.07) is 13.1. The Balaban J connectivity index is 1.33. The number of fused-ring (bicyclic) bond motifs is 1. The third kappa shape index (κ3) is 5.90. The van der Waals surface area contributed by atoms with Crippen LogP contribution in [0.4, 0.5) is 0 Å². The van der Waals surface area contributed by atoms with Gasteiger partial charge in [0.05, 0.1) is 12.7 Å². The molecular formula is C25H28N2O5S. The summed E-state index contributed by atoms with van der Waals surface area (Å²) >= 11 is 1.40. The molecule has 1 amide bonds. The molecule has 174 valence electrons. The number of ketones is 1. The maximum atomic E-state index is 12.3. The number of aliphatic hydroxyl groups excluding tert-OH is 1. The molecule has 0 aliphatic heterocycles. The van der Waals surface area contributed by atoms with E-state index in [9.17, 15) is 14.7 Å². The van der Waals surface area contributed by atoms with Gasteiger partial charge < -0.3 is 25.6 Å². The molecule has 33 heavy (non-hydrogen) atoms. The Hall–Kier alpha value is -2.94. The van der Waals surface area contributed by atoms with Crippen LogP contribution in [0.25, 0.3) is 10.1 Å². The van der Waals surface area contributed by atoms with Crippen molar-refractivity contribution in [2.45, 2.75) is 31.9 Å². The second-order valence-electron chi connectivity index (χ2n) is 8.28. The average Bonchev–Trinajstić information content (AvgIpc) is 3.59. The number of ether oxygens (including phenoxy) is 2. The minimum Gasteiger partial charge on any atom is -0.497 e. The Morgan fingerprint density at radius 2 is 1.91 bits per heavy atom. The fraction of sp³-hybridized carbons (Fsp3) is 0.360. The third-order valence-electron chi connectivity index (χ3n) is 5.66. The zero-order valence-electron chi connectivity index (χ0n) is 18.5. The maximum absolute atomic E-state index is 12.3. The number of hydrogen-bond acceptors (Lipinski definition) is 7. The number of nitrogens with one attached hydrogen (secondary N) is 1. The Morgan fingerprint density at radius 3 is 2.58 bits per heavy atom. The maximum Gasteiger partial charge on any atom is 0.250 e. The van der Waals surface area contributed by atoms with Crippen molar-refractivity contribution in [3.63, 3.8) is 0 Å². The van der Waals surface area contributed by atoms with Crippen LogP contribution in [0.1, 0.15) is 33.6 Å². The number of carbonyl (C=O) groups excluding carboxylic acids is 2. The second-order valence-corrected chi connectivity index (χ2v) is 9.42. The highest BCUT2D eigenvalue weighted by Crippen LogP contribution is 2.37. The fourth-order valence-electron chi connectivity index (χ4n) is 3.70. The highest BCUT2D eigenvalue weighted by molar-refractivity contribution is 7.19. The van der Waals surface area contributed by atoms with Crippen molar-refractivity contribution in [3.8, 4) is 11.5 Å². The smallest absolute Gasteiger partial charge is 0.250 e. The molecule has 1 heterocycles. The number of thiophene rings is 1. The van der Waals surface area contributed by atoms with Crippen molar-refractivity contribution >= 4 is 33.1 Å². The van der Waals surface area contributed by atoms with Crippen molar-refractivity contribution in [2.75, 3.05) is 20.3 Å². The Morgan fingerprint density at radius 1 is 1.18 bits per heavy atom. The molecular weight excluding hydrogens is 440 g/mol. The number of aliphatic hydroxyl groups is 1. The lowest BCUT2D eigenvalue weighted by atomic mass is 10.1. The largest absolute Gasteiger partial charge is 0.497 e. The number of benzene rings is 2. The molecule has 1 atom stereocenters. The SMILES string of the molecule is COc1ccc(CNCC(O)COc2ccc3c(C(N)=O)c(CC(=O)C4CC4)sc3c2)cc1. The fourth-order valence-corrected chi connectivity index (χ4v) is 4.95. The van der Waals surface area contributed by atoms with Crippen LogP contribution in [0.2, 0.25) is 0 Å². The molecule has 1 aromatic heterocycles. The number of rotatable bonds is 12. The lowest BCUT2D eigenvalue weighted by Gasteiger charge is -2.13. The van der Waals surface area contributed by atoms with Gasteiger partial charge in [-0.3, -0.25) is 9.59 Å². The summed E-state index contributed by atoms with van der Waals surface area (Å²) in [4.78, 5) is 25.0. The van der Waals surface area contributed by atoms with Crippen LogP contribution in [-0.2, 0) is 17.8 Å². The summed E-state index contributed by atoms with van der Waals surface area (Å²) in [7, 11) is 1.63. The summed E-state index contributed by atoms with van der Waals surface area (Å²) in [5.74, 6) is 1.18. The zero-order valence-corrected chi connectivity index (χ0v) is 19.3. The first-order valence-electron chi connectivity index (χ1n) is 11.0. The molecule has 0 bridgehead atoms. The molecule has 3 aromatic rings. The number of carbonyl (C=O) groups is 2. The lowest BCUT2D eigenvalue weighted by Crippen LogP contribution is -2.31. The molecule has 1 aliphatic carbocycles. The van der Waals surface area contributed by atoms with Crippen LogP contribution in [0.3, 0.4) is 0 Å². The van der Waals surface area contributed by atoms with Gasteiger partial charge in [0.2, 0.25) is 5.91 Å². The Kier molecular flexibility index (Phi) is 7.27. The normalized spacial score (nSPS) is 14.2. The third-order valence-corrected chi connectivity index (χ3v) is 6.81. The number of primary amides is 1. The number of methoxy groups -OCH3 is 1. The van der Waals surface area contributed by atoms with Gasteiger partial charge in [-0.2, -0.15) is 0 Å². The zero-order chi connectivity index (χ0) is 23.4. The van der Waals surface area contributed by atoms with Crippen LogP contribution < -0.4 is 20.5 Å². The minimum absolute atomic E-state index is 0.127. The molecule has 0 radical (unpaired) electrons. The van der Waals surface area contributed by atoms with Crippen LogP contribution in [0.5, 0.6) is 11.5 Å². The standard InChI is InChI=1S/C25H28N2O5S/c1-31-18-6-2-15(3-7-18)12-27-13-17(28)14-32-19-8-9-20-22(10-19)33-23(24(20)25(26)30)11-21(29)16-4-5-16/h2-3,6-10,16-17,27-28H,4-5,11-14H2,1H3,(H2,26,30). The van der Waals surface area contributed by atoms with Gasteiger partial charge in [-0.15, -0.1) is 11.3 Å². The highest BCUT2D eigenvalue weighted by Gasteiger charge is 2.31. The van der Waals surface area contributed by atoms with Gasteiger partial charge in [-0.25, -0.2) is 0 Å². The van der Waals surface area contributed by atoms with E-state index < -0.39 is 12.0 Å². The van der Waals surface area contributed by atoms with Gasteiger partial charge in [0.25, 0.3) is 0 Å². The van der Waals surface area contributed by atoms with Gasteiger partial charge in [-0.1, -0.05) is 12.1 Å². The van der Waals surface area contributed by atoms with Crippen LogP contribution >= 0.6 is 11.3 Å². The summed E-state index contributed by atoms with van der Waals surface area (Å²) in [6.07, 6.45) is 1.43. The number of Topliss-reactive ketones (excluding diaryl/α,β-unsaturated/α-hetero) is 1. The van der Waals surface area contributed by atoms with Crippen molar-refractivity contribution in [3.05, 3.63) is 58.5 Å². The van der Waals surface area contributed by atoms with Crippen LogP contribution in [0, 0.1) is 5.92 Å². The first kappa shape index (κ1) is 23.2. The number of amides is 1. The average molecular weight is 469 g/mol. The minimum atomic E-state index is -0.685. The Labute approximate surface area is 196 Å². The number of nitrogens with two attached hydrogens (primary N) is 1. The summed E-state index contributed by atoms with van der Waals surface area (Å²) in [5, 5.41) is 14.2. The summed E-state index contributed by atoms with van der Waals surface area (Å²) < 4.78 is 11.8. The molecule has 0 saturated heterocycles. The van der Waals surface area contributed by atoms with E-state index in [1.807, 2.05) is 30.3 Å². The molecule has 1 aliphatic rings. The summed E-state index contributed by atoms with van der Waals surface area (Å²) in [6.45, 7) is 1.13. The van der Waals surface area contributed by atoms with E-state index in [0.29, 0.717) is 29.3 Å². The van der Waals surface area contributed by atoms with Gasteiger partial charge in [-0.05, 0) is 48.7 Å². The van der Waals surface area contributed by atoms with Crippen LogP contribution in [-0.4, -0.2) is 43.2 Å². The quantitative estimate of drug-likeness (QED) is 0.377. The molecule has 4 rings (SSSR count). The molecule has 4 N–H and O–H groups in total. The van der Waals surface area contributed by atoms with Gasteiger partial charge >= 0.3 is 0 Å². The van der Waals surface area contributed by atoms with E-state index in [1.54, 1.807) is 19.2 Å². The van der Waals surface area contributed by atoms with Crippen molar-refractivity contribution in [1.82, 2.24) is 5.32 Å². The van der Waals surface area contributed by atoms with Crippen molar-refractivity contribution in [1.29, 1.82) is 0 Å². The molecule has 2 aromatic carbocycles. The van der Waals surface area contributed by atoms with Crippen molar-refractivity contribution in [2.24, 2.45) is 11.7 Å². The van der Waals surface area contributed by atoms with E-state index in [1.165, 1.54) is 11.3 Å². The molecule has 1 saturated carbocycles. The topological polar surface area (TPSA) is 111 Å². The highest BCUT2D eigenvalue weighted by atomic mass is 32.1. The summed E-state index contributed by atoms with van der Waals surface area (Å²) in [5.41, 5.74) is 7.13. The van der Waals surface area contributed by atoms with Crippen molar-refractivity contribution < 1.29 is 24.2 Å². The number of hydrogen-bond donors (Lipinski definition) is 3. The van der Waals surface area contributed by atoms with Gasteiger partial charge in [0.1, 0.15) is 30.0 Å². The van der Waals surface area contributed by atoms with E-state index in [4.69, 9.17) is 15.2 Å². The lowest BCUT2D eigenvalue weighted by molar-refractivity contribution is -0.119. The van der Waals surface area contributed by atoms with Crippen LogP contribution in [0.15, 0.2) is 42.5 Å². The molecule has 7 nitrogen and oxygen atoms in total. The molecule has 8 heteroatoms. The molecule has 1 unspecified atom stereocenters. The monoisotopic (exact) mass is 468 g/mol. The van der Waals surface area contributed by atoms with E-state index >= 15 is 0 Å².